The number of imidazole rings is 1. The zero-order valence-corrected chi connectivity index (χ0v) is 10.7. The minimum Gasteiger partial charge on any atom is -0.336 e. The van der Waals surface area contributed by atoms with Crippen LogP contribution in [0, 0.1) is 0 Å². The maximum Gasteiger partial charge on any atom is 0.299 e. The van der Waals surface area contributed by atoms with E-state index in [-0.39, 0.29) is 0 Å². The van der Waals surface area contributed by atoms with E-state index >= 15 is 0 Å². The van der Waals surface area contributed by atoms with E-state index in [1.807, 2.05) is 4.57 Å². The predicted octanol–water partition coefficient (Wildman–Crippen LogP) is 1.77. The van der Waals surface area contributed by atoms with Gasteiger partial charge in [0.05, 0.1) is 22.6 Å². The molecular formula is C13H10ClN3O2. The van der Waals surface area contributed by atoms with E-state index in [1.54, 1.807) is 36.9 Å². The highest BCUT2D eigenvalue weighted by Crippen LogP contribution is 2.33. The third-order valence-corrected chi connectivity index (χ3v) is 3.40. The van der Waals surface area contributed by atoms with Crippen LogP contribution in [0.1, 0.15) is 10.4 Å². The number of carbonyl (C=O) groups is 2. The van der Waals surface area contributed by atoms with Gasteiger partial charge in [0, 0.05) is 25.5 Å². The van der Waals surface area contributed by atoms with Gasteiger partial charge in [-0.1, -0.05) is 17.7 Å². The first-order valence-electron chi connectivity index (χ1n) is 5.79. The van der Waals surface area contributed by atoms with Crippen molar-refractivity contribution in [3.05, 3.63) is 47.5 Å². The largest absolute Gasteiger partial charge is 0.336 e. The number of nitrogens with zero attached hydrogens (tertiary/aromatic N) is 3. The number of ketones is 1. The summed E-state index contributed by atoms with van der Waals surface area (Å²) < 4.78 is 1.85. The average molecular weight is 276 g/mol. The average Bonchev–Trinajstić information content (AvgIpc) is 2.98. The van der Waals surface area contributed by atoms with E-state index < -0.39 is 11.7 Å². The molecule has 1 aliphatic heterocycles. The second-order valence-electron chi connectivity index (χ2n) is 4.22. The molecule has 3 rings (SSSR count). The van der Waals surface area contributed by atoms with Gasteiger partial charge in [-0.25, -0.2) is 4.98 Å². The zero-order valence-electron chi connectivity index (χ0n) is 9.91. The molecule has 6 heteroatoms. The summed E-state index contributed by atoms with van der Waals surface area (Å²) in [6, 6.07) is 5.08. The number of carbonyl (C=O) groups excluding carboxylic acids is 2. The number of fused-ring (bicyclic) bond motifs is 1. The van der Waals surface area contributed by atoms with Crippen molar-refractivity contribution in [3.8, 4) is 0 Å². The first-order chi connectivity index (χ1) is 9.18. The summed E-state index contributed by atoms with van der Waals surface area (Å²) >= 11 is 5.98. The van der Waals surface area contributed by atoms with Gasteiger partial charge >= 0.3 is 0 Å². The van der Waals surface area contributed by atoms with Crippen molar-refractivity contribution in [3.63, 3.8) is 0 Å². The Morgan fingerprint density at radius 1 is 1.21 bits per heavy atom. The maximum atomic E-state index is 12.0. The van der Waals surface area contributed by atoms with Crippen LogP contribution in [-0.4, -0.2) is 27.8 Å². The van der Waals surface area contributed by atoms with Crippen LogP contribution in [-0.2, 0) is 11.3 Å². The molecule has 96 valence electrons. The minimum atomic E-state index is -0.536. The van der Waals surface area contributed by atoms with Crippen molar-refractivity contribution in [1.29, 1.82) is 0 Å². The highest BCUT2D eigenvalue weighted by atomic mass is 35.5. The molecule has 0 saturated heterocycles. The second kappa shape index (κ2) is 4.51. The topological polar surface area (TPSA) is 55.2 Å². The van der Waals surface area contributed by atoms with Crippen molar-refractivity contribution >= 4 is 29.0 Å². The van der Waals surface area contributed by atoms with Crippen LogP contribution in [0.2, 0.25) is 5.02 Å². The van der Waals surface area contributed by atoms with Gasteiger partial charge in [0.1, 0.15) is 0 Å². The molecule has 0 N–H and O–H groups in total. The molecule has 0 spiro atoms. The van der Waals surface area contributed by atoms with Crippen LogP contribution in [0.5, 0.6) is 0 Å². The Bertz CT molecular complexity index is 652. The Balaban J connectivity index is 1.89. The molecule has 0 saturated carbocycles. The SMILES string of the molecule is O=C1C(=O)N(CCn2ccnc2)c2cccc(Cl)c21. The van der Waals surface area contributed by atoms with Gasteiger partial charge in [-0.05, 0) is 12.1 Å². The summed E-state index contributed by atoms with van der Waals surface area (Å²) in [6.45, 7) is 0.985. The summed E-state index contributed by atoms with van der Waals surface area (Å²) in [5.74, 6) is -1.06. The summed E-state index contributed by atoms with van der Waals surface area (Å²) in [7, 11) is 0. The van der Waals surface area contributed by atoms with Gasteiger partial charge in [-0.3, -0.25) is 9.59 Å². The zero-order chi connectivity index (χ0) is 13.4. The molecular weight excluding hydrogens is 266 g/mol. The monoisotopic (exact) mass is 275 g/mol. The molecule has 0 fully saturated rings. The lowest BCUT2D eigenvalue weighted by Crippen LogP contribution is -2.32. The van der Waals surface area contributed by atoms with Gasteiger partial charge < -0.3 is 9.47 Å². The molecule has 19 heavy (non-hydrogen) atoms. The van der Waals surface area contributed by atoms with Crippen molar-refractivity contribution < 1.29 is 9.59 Å². The van der Waals surface area contributed by atoms with E-state index in [2.05, 4.69) is 4.98 Å². The second-order valence-corrected chi connectivity index (χ2v) is 4.63. The number of hydrogen-bond donors (Lipinski definition) is 0. The summed E-state index contributed by atoms with van der Waals surface area (Å²) in [6.07, 6.45) is 5.14. The smallest absolute Gasteiger partial charge is 0.299 e. The number of benzene rings is 1. The van der Waals surface area contributed by atoms with Crippen molar-refractivity contribution in [2.24, 2.45) is 0 Å². The standard InChI is InChI=1S/C13H10ClN3O2/c14-9-2-1-3-10-11(9)12(18)13(19)17(10)7-6-16-5-4-15-8-16/h1-5,8H,6-7H2. The molecule has 5 nitrogen and oxygen atoms in total. The number of rotatable bonds is 3. The third-order valence-electron chi connectivity index (χ3n) is 3.09. The van der Waals surface area contributed by atoms with Crippen molar-refractivity contribution in [1.82, 2.24) is 9.55 Å². The van der Waals surface area contributed by atoms with Crippen LogP contribution in [0.3, 0.4) is 0 Å². The van der Waals surface area contributed by atoms with Gasteiger partial charge in [0.25, 0.3) is 11.7 Å². The van der Waals surface area contributed by atoms with Gasteiger partial charge in [-0.2, -0.15) is 0 Å². The fourth-order valence-electron chi connectivity index (χ4n) is 2.16. The van der Waals surface area contributed by atoms with Gasteiger partial charge in [-0.15, -0.1) is 0 Å². The molecule has 1 aromatic carbocycles. The quantitative estimate of drug-likeness (QED) is 0.802. The van der Waals surface area contributed by atoms with Gasteiger partial charge in [0.15, 0.2) is 0 Å². The fourth-order valence-corrected chi connectivity index (χ4v) is 2.41. The highest BCUT2D eigenvalue weighted by Gasteiger charge is 2.36. The van der Waals surface area contributed by atoms with Crippen molar-refractivity contribution in [2.75, 3.05) is 11.4 Å². The third kappa shape index (κ3) is 1.92. The summed E-state index contributed by atoms with van der Waals surface area (Å²) in [4.78, 5) is 29.3. The molecule has 1 aliphatic rings. The van der Waals surface area contributed by atoms with E-state index in [1.165, 1.54) is 4.90 Å². The van der Waals surface area contributed by atoms with Gasteiger partial charge in [0.2, 0.25) is 0 Å². The molecule has 0 aliphatic carbocycles. The Hall–Kier alpha value is -2.14. The van der Waals surface area contributed by atoms with Crippen LogP contribution in [0.25, 0.3) is 0 Å². The summed E-state index contributed by atoms with van der Waals surface area (Å²) in [5, 5.41) is 0.320. The van der Waals surface area contributed by atoms with E-state index in [0.29, 0.717) is 29.4 Å². The molecule has 0 unspecified atom stereocenters. The number of Topliss-reactive ketones (excluding diaryl/α,β-unsaturated/α-hetero) is 1. The number of amides is 1. The van der Waals surface area contributed by atoms with E-state index in [9.17, 15) is 9.59 Å². The number of anilines is 1. The maximum absolute atomic E-state index is 12.0. The van der Waals surface area contributed by atoms with Crippen LogP contribution in [0.15, 0.2) is 36.9 Å². The van der Waals surface area contributed by atoms with Crippen molar-refractivity contribution in [2.45, 2.75) is 6.54 Å². The number of aromatic nitrogens is 2. The van der Waals surface area contributed by atoms with Crippen LogP contribution >= 0.6 is 11.6 Å². The Morgan fingerprint density at radius 2 is 2.05 bits per heavy atom. The highest BCUT2D eigenvalue weighted by molar-refractivity contribution is 6.55. The van der Waals surface area contributed by atoms with E-state index in [0.717, 1.165) is 0 Å². The molecule has 0 radical (unpaired) electrons. The number of hydrogen-bond acceptors (Lipinski definition) is 3. The lowest BCUT2D eigenvalue weighted by Gasteiger charge is -2.16. The summed E-state index contributed by atoms with van der Waals surface area (Å²) in [5.41, 5.74) is 0.891. The Kier molecular flexibility index (Phi) is 2.83. The molecule has 1 aromatic heterocycles. The normalized spacial score (nSPS) is 14.1. The molecule has 0 atom stereocenters. The molecule has 0 bridgehead atoms. The minimum absolute atomic E-state index is 0.305. The number of halogens is 1. The lowest BCUT2D eigenvalue weighted by atomic mass is 10.1. The van der Waals surface area contributed by atoms with E-state index in [4.69, 9.17) is 11.6 Å². The predicted molar refractivity (Wildman–Crippen MR) is 70.4 cm³/mol. The van der Waals surface area contributed by atoms with Crippen LogP contribution < -0.4 is 4.90 Å². The lowest BCUT2D eigenvalue weighted by molar-refractivity contribution is -0.114. The molecule has 2 aromatic rings. The molecule has 1 amide bonds. The fraction of sp³-hybridized carbons (Fsp3) is 0.154. The Morgan fingerprint density at radius 3 is 2.79 bits per heavy atom. The van der Waals surface area contributed by atoms with Crippen LogP contribution in [0.4, 0.5) is 5.69 Å². The Labute approximate surface area is 114 Å². The first-order valence-corrected chi connectivity index (χ1v) is 6.17. The first kappa shape index (κ1) is 11.9. The molecule has 2 heterocycles.